The third kappa shape index (κ3) is 2.54. The molecule has 1 aromatic rings. The Labute approximate surface area is 160 Å². The largest absolute Gasteiger partial charge is 0.481 e. The van der Waals surface area contributed by atoms with E-state index in [4.69, 9.17) is 11.6 Å². The molecule has 8 nitrogen and oxygen atoms in total. The van der Waals surface area contributed by atoms with E-state index in [-0.39, 0.29) is 22.7 Å². The van der Waals surface area contributed by atoms with Crippen LogP contribution in [0.3, 0.4) is 0 Å². The Bertz CT molecular complexity index is 897. The zero-order valence-corrected chi connectivity index (χ0v) is 16.0. The highest BCUT2D eigenvalue weighted by Crippen LogP contribution is 2.70. The molecule has 2 unspecified atom stereocenters. The molecule has 0 spiro atoms. The van der Waals surface area contributed by atoms with Crippen LogP contribution in [0.4, 0.5) is 5.69 Å². The predicted octanol–water partition coefficient (Wildman–Crippen LogP) is 3.64. The van der Waals surface area contributed by atoms with Crippen molar-refractivity contribution in [1.29, 1.82) is 0 Å². The van der Waals surface area contributed by atoms with Crippen LogP contribution in [0.15, 0.2) is 23.3 Å². The van der Waals surface area contributed by atoms with Crippen molar-refractivity contribution < 1.29 is 19.6 Å². The van der Waals surface area contributed by atoms with Crippen molar-refractivity contribution in [2.45, 2.75) is 40.0 Å². The van der Waals surface area contributed by atoms with Crippen LogP contribution in [-0.2, 0) is 4.79 Å². The molecule has 0 aromatic heterocycles. The van der Waals surface area contributed by atoms with Gasteiger partial charge in [-0.15, -0.1) is 0 Å². The Kier molecular flexibility index (Phi) is 4.30. The second-order valence-corrected chi connectivity index (χ2v) is 8.35. The highest BCUT2D eigenvalue weighted by molar-refractivity contribution is 6.32. The number of nitrogens with zero attached hydrogens (tertiary/aromatic N) is 2. The molecule has 0 radical (unpaired) electrons. The predicted molar refractivity (Wildman–Crippen MR) is 98.8 cm³/mol. The van der Waals surface area contributed by atoms with Gasteiger partial charge in [0.2, 0.25) is 0 Å². The third-order valence-corrected chi connectivity index (χ3v) is 7.16. The second kappa shape index (κ2) is 6.02. The van der Waals surface area contributed by atoms with Crippen molar-refractivity contribution in [3.05, 3.63) is 38.9 Å². The van der Waals surface area contributed by atoms with Crippen molar-refractivity contribution in [1.82, 2.24) is 5.43 Å². The number of carbonyl (C=O) groups excluding carboxylic acids is 1. The SMILES string of the molecule is CC12CCC(C(=O)O)(CC1=NNC(=O)c1ccc(Cl)c([N+](=O)[O-])c1)C2(C)C. The number of hydrogen-bond donors (Lipinski definition) is 2. The van der Waals surface area contributed by atoms with Gasteiger partial charge >= 0.3 is 5.97 Å². The minimum Gasteiger partial charge on any atom is -0.481 e. The van der Waals surface area contributed by atoms with E-state index in [1.807, 2.05) is 20.8 Å². The number of hydrogen-bond acceptors (Lipinski definition) is 5. The quantitative estimate of drug-likeness (QED) is 0.597. The molecule has 9 heteroatoms. The molecule has 2 bridgehead atoms. The average Bonchev–Trinajstić information content (AvgIpc) is 2.90. The van der Waals surface area contributed by atoms with Crippen LogP contribution in [0.1, 0.15) is 50.4 Å². The zero-order valence-electron chi connectivity index (χ0n) is 15.2. The van der Waals surface area contributed by atoms with Gasteiger partial charge in [0.25, 0.3) is 11.6 Å². The number of hydrazone groups is 1. The molecule has 144 valence electrons. The van der Waals surface area contributed by atoms with Crippen LogP contribution in [0.25, 0.3) is 0 Å². The monoisotopic (exact) mass is 393 g/mol. The van der Waals surface area contributed by atoms with Crippen LogP contribution in [0, 0.1) is 26.4 Å². The van der Waals surface area contributed by atoms with E-state index in [1.54, 1.807) is 0 Å². The molecule has 2 N–H and O–H groups in total. The lowest BCUT2D eigenvalue weighted by molar-refractivity contribution is -0.384. The first-order valence-corrected chi connectivity index (χ1v) is 8.89. The molecule has 0 aliphatic heterocycles. The first-order chi connectivity index (χ1) is 12.5. The van der Waals surface area contributed by atoms with Gasteiger partial charge in [-0.05, 0) is 30.4 Å². The number of benzene rings is 1. The minimum atomic E-state index is -0.898. The summed E-state index contributed by atoms with van der Waals surface area (Å²) in [6, 6.07) is 3.74. The van der Waals surface area contributed by atoms with Crippen LogP contribution >= 0.6 is 11.6 Å². The van der Waals surface area contributed by atoms with Crippen molar-refractivity contribution >= 4 is 34.9 Å². The lowest BCUT2D eigenvalue weighted by Crippen LogP contribution is -2.40. The molecule has 2 atom stereocenters. The fourth-order valence-electron chi connectivity index (χ4n) is 4.50. The van der Waals surface area contributed by atoms with Crippen molar-refractivity contribution in [3.8, 4) is 0 Å². The number of nitro benzene ring substituents is 1. The first-order valence-electron chi connectivity index (χ1n) is 8.51. The van der Waals surface area contributed by atoms with E-state index in [0.717, 1.165) is 6.07 Å². The molecule has 2 aliphatic rings. The fourth-order valence-corrected chi connectivity index (χ4v) is 4.69. The lowest BCUT2D eigenvalue weighted by Gasteiger charge is -2.37. The van der Waals surface area contributed by atoms with E-state index in [2.05, 4.69) is 10.5 Å². The van der Waals surface area contributed by atoms with Gasteiger partial charge < -0.3 is 5.11 Å². The molecular weight excluding hydrogens is 374 g/mol. The summed E-state index contributed by atoms with van der Waals surface area (Å²) in [5.74, 6) is -1.46. The van der Waals surface area contributed by atoms with Crippen LogP contribution in [0.5, 0.6) is 0 Å². The number of aliphatic carboxylic acids is 1. The number of carboxylic acids is 1. The zero-order chi connectivity index (χ0) is 20.2. The highest BCUT2D eigenvalue weighted by Gasteiger charge is 2.71. The van der Waals surface area contributed by atoms with E-state index in [0.29, 0.717) is 18.6 Å². The lowest BCUT2D eigenvalue weighted by atomic mass is 9.65. The summed E-state index contributed by atoms with van der Waals surface area (Å²) in [5, 5.41) is 24.9. The molecule has 2 fully saturated rings. The average molecular weight is 394 g/mol. The maximum atomic E-state index is 12.4. The number of fused-ring (bicyclic) bond motifs is 2. The molecule has 27 heavy (non-hydrogen) atoms. The Morgan fingerprint density at radius 1 is 1.30 bits per heavy atom. The molecule has 2 saturated carbocycles. The number of amides is 1. The summed E-state index contributed by atoms with van der Waals surface area (Å²) < 4.78 is 0. The number of carbonyl (C=O) groups is 2. The maximum Gasteiger partial charge on any atom is 0.310 e. The van der Waals surface area contributed by atoms with Gasteiger partial charge in [-0.2, -0.15) is 5.10 Å². The second-order valence-electron chi connectivity index (χ2n) is 7.94. The molecule has 0 heterocycles. The van der Waals surface area contributed by atoms with Crippen LogP contribution < -0.4 is 5.43 Å². The summed E-state index contributed by atoms with van der Waals surface area (Å²) in [5.41, 5.74) is 0.900. The number of nitrogens with one attached hydrogen (secondary N) is 1. The van der Waals surface area contributed by atoms with Gasteiger partial charge in [0.15, 0.2) is 0 Å². The summed E-state index contributed by atoms with van der Waals surface area (Å²) in [7, 11) is 0. The minimum absolute atomic E-state index is 0.0518. The Morgan fingerprint density at radius 2 is 1.96 bits per heavy atom. The highest BCUT2D eigenvalue weighted by atomic mass is 35.5. The van der Waals surface area contributed by atoms with E-state index < -0.39 is 33.0 Å². The van der Waals surface area contributed by atoms with Gasteiger partial charge in [0.05, 0.1) is 10.3 Å². The smallest absolute Gasteiger partial charge is 0.310 e. The van der Waals surface area contributed by atoms with Gasteiger partial charge in [0, 0.05) is 29.2 Å². The van der Waals surface area contributed by atoms with Gasteiger partial charge in [-0.1, -0.05) is 32.4 Å². The van der Waals surface area contributed by atoms with Crippen LogP contribution in [0.2, 0.25) is 5.02 Å². The van der Waals surface area contributed by atoms with Crippen LogP contribution in [-0.4, -0.2) is 27.6 Å². The van der Waals surface area contributed by atoms with Gasteiger partial charge in [0.1, 0.15) is 5.02 Å². The molecular formula is C18H20ClN3O5. The number of nitro groups is 1. The van der Waals surface area contributed by atoms with Crippen molar-refractivity contribution in [2.75, 3.05) is 0 Å². The third-order valence-electron chi connectivity index (χ3n) is 6.84. The normalized spacial score (nSPS) is 29.7. The number of halogens is 1. The van der Waals surface area contributed by atoms with Gasteiger partial charge in [-0.25, -0.2) is 5.43 Å². The first kappa shape index (κ1) is 19.3. The number of carboxylic acid groups (broad SMARTS) is 1. The molecule has 1 amide bonds. The Balaban J connectivity index is 1.87. The Morgan fingerprint density at radius 3 is 2.52 bits per heavy atom. The topological polar surface area (TPSA) is 122 Å². The fraction of sp³-hybridized carbons (Fsp3) is 0.500. The molecule has 0 saturated heterocycles. The summed E-state index contributed by atoms with van der Waals surface area (Å²) in [6.07, 6.45) is 1.52. The van der Waals surface area contributed by atoms with Gasteiger partial charge in [-0.3, -0.25) is 19.7 Å². The van der Waals surface area contributed by atoms with Crippen molar-refractivity contribution in [3.63, 3.8) is 0 Å². The summed E-state index contributed by atoms with van der Waals surface area (Å²) in [4.78, 5) is 34.6. The summed E-state index contributed by atoms with van der Waals surface area (Å²) >= 11 is 5.76. The van der Waals surface area contributed by atoms with Crippen molar-refractivity contribution in [2.24, 2.45) is 21.3 Å². The number of rotatable bonds is 4. The van der Waals surface area contributed by atoms with E-state index in [9.17, 15) is 24.8 Å². The maximum absolute atomic E-state index is 12.4. The standard InChI is InChI=1S/C18H20ClN3O5/c1-16(2)17(3)6-7-18(16,15(24)25)9-13(17)20-21-14(23)10-4-5-11(19)12(8-10)22(26)27/h4-5,8H,6-7,9H2,1-3H3,(H,21,23)(H,24,25). The van der Waals surface area contributed by atoms with E-state index >= 15 is 0 Å². The molecule has 1 aromatic carbocycles. The Hall–Kier alpha value is -2.48. The molecule has 3 rings (SSSR count). The van der Waals surface area contributed by atoms with E-state index in [1.165, 1.54) is 12.1 Å². The molecule has 2 aliphatic carbocycles. The summed E-state index contributed by atoms with van der Waals surface area (Å²) in [6.45, 7) is 5.84.